The topological polar surface area (TPSA) is 51.6 Å². The molecular weight excluding hydrogens is 200 g/mol. The normalized spacial score (nSPS) is 10.2. The summed E-state index contributed by atoms with van der Waals surface area (Å²) in [6.07, 6.45) is 0. The van der Waals surface area contributed by atoms with Gasteiger partial charge in [-0.15, -0.1) is 0 Å². The summed E-state index contributed by atoms with van der Waals surface area (Å²) < 4.78 is 8.02. The molecule has 0 N–H and O–H groups in total. The van der Waals surface area contributed by atoms with E-state index in [0.29, 0.717) is 10.3 Å². The molecule has 0 fully saturated rings. The van der Waals surface area contributed by atoms with Crippen molar-refractivity contribution < 1.29 is 0 Å². The van der Waals surface area contributed by atoms with E-state index in [2.05, 4.69) is 18.7 Å². The van der Waals surface area contributed by atoms with Gasteiger partial charge in [-0.2, -0.15) is 8.75 Å². The molecule has 11 heavy (non-hydrogen) atoms. The van der Waals surface area contributed by atoms with Crippen LogP contribution in [0.2, 0.25) is 0 Å². The van der Waals surface area contributed by atoms with Crippen molar-refractivity contribution in [2.45, 2.75) is 10.3 Å². The molecule has 0 radical (unpaired) electrons. The fraction of sp³-hybridized carbons (Fsp3) is 0. The molecule has 56 valence electrons. The molecule has 0 bridgehead atoms. The summed E-state index contributed by atoms with van der Waals surface area (Å²) in [5.41, 5.74) is 3.38. The summed E-state index contributed by atoms with van der Waals surface area (Å²) in [6, 6.07) is 0. The maximum Gasteiger partial charge on any atom is 0.207 e. The van der Waals surface area contributed by atoms with E-state index in [0.717, 1.165) is 0 Å². The molecule has 0 aliphatic rings. The van der Waals surface area contributed by atoms with E-state index in [-0.39, 0.29) is 0 Å². The molecule has 0 spiro atoms. The van der Waals surface area contributed by atoms with Gasteiger partial charge in [-0.25, -0.2) is 9.97 Å². The standard InChI is InChI=1S/C4H2N4S3/c1-5-3(7-9-1)11-4-6-2-10-8-4/h1-2H. The number of hydrogen-bond donors (Lipinski definition) is 0. The van der Waals surface area contributed by atoms with Crippen LogP contribution in [0, 0.1) is 0 Å². The molecule has 2 rings (SSSR count). The van der Waals surface area contributed by atoms with E-state index in [1.165, 1.54) is 34.8 Å². The molecule has 2 aromatic rings. The Labute approximate surface area is 75.1 Å². The third-order valence-corrected chi connectivity index (χ3v) is 2.81. The van der Waals surface area contributed by atoms with Gasteiger partial charge in [0.1, 0.15) is 11.0 Å². The summed E-state index contributed by atoms with van der Waals surface area (Å²) in [4.78, 5) is 7.97. The lowest BCUT2D eigenvalue weighted by atomic mass is 11.3. The zero-order valence-corrected chi connectivity index (χ0v) is 7.62. The number of aromatic nitrogens is 4. The van der Waals surface area contributed by atoms with Crippen molar-refractivity contribution >= 4 is 34.8 Å². The molecule has 2 aromatic heterocycles. The van der Waals surface area contributed by atoms with Crippen molar-refractivity contribution in [3.63, 3.8) is 0 Å². The smallest absolute Gasteiger partial charge is 0.207 e. The van der Waals surface area contributed by atoms with E-state index in [4.69, 9.17) is 0 Å². The molecule has 7 heteroatoms. The fourth-order valence-electron chi connectivity index (χ4n) is 0.493. The SMILES string of the molecule is c1nc(Sc2ncsn2)ns1. The average Bonchev–Trinajstić information content (AvgIpc) is 2.60. The van der Waals surface area contributed by atoms with Crippen LogP contribution in [0.4, 0.5) is 0 Å². The Bertz CT molecular complexity index is 270. The minimum absolute atomic E-state index is 0.716. The van der Waals surface area contributed by atoms with E-state index in [1.54, 1.807) is 11.0 Å². The van der Waals surface area contributed by atoms with Crippen molar-refractivity contribution in [2.24, 2.45) is 0 Å². The Morgan fingerprint density at radius 1 is 1.00 bits per heavy atom. The molecule has 0 aliphatic carbocycles. The summed E-state index contributed by atoms with van der Waals surface area (Å²) >= 11 is 4.03. The van der Waals surface area contributed by atoms with Gasteiger partial charge in [0.25, 0.3) is 0 Å². The van der Waals surface area contributed by atoms with Crippen molar-refractivity contribution in [3.8, 4) is 0 Å². The van der Waals surface area contributed by atoms with Gasteiger partial charge in [0.15, 0.2) is 0 Å². The summed E-state index contributed by atoms with van der Waals surface area (Å²) in [5, 5.41) is 1.43. The van der Waals surface area contributed by atoms with E-state index >= 15 is 0 Å². The number of nitrogens with zero attached hydrogens (tertiary/aromatic N) is 4. The highest BCUT2D eigenvalue weighted by Gasteiger charge is 2.02. The monoisotopic (exact) mass is 202 g/mol. The van der Waals surface area contributed by atoms with Crippen LogP contribution in [0.3, 0.4) is 0 Å². The second-order valence-corrected chi connectivity index (χ2v) is 3.67. The van der Waals surface area contributed by atoms with Crippen molar-refractivity contribution in [1.82, 2.24) is 18.7 Å². The fourth-order valence-corrected chi connectivity index (χ4v) is 2.22. The largest absolute Gasteiger partial charge is 0.217 e. The minimum Gasteiger partial charge on any atom is -0.217 e. The number of rotatable bonds is 2. The first kappa shape index (κ1) is 7.14. The first-order valence-corrected chi connectivity index (χ1v) is 5.15. The highest BCUT2D eigenvalue weighted by molar-refractivity contribution is 7.99. The van der Waals surface area contributed by atoms with Gasteiger partial charge >= 0.3 is 0 Å². The minimum atomic E-state index is 0.716. The quantitative estimate of drug-likeness (QED) is 0.739. The Kier molecular flexibility index (Phi) is 2.11. The van der Waals surface area contributed by atoms with Gasteiger partial charge in [-0.1, -0.05) is 0 Å². The van der Waals surface area contributed by atoms with E-state index in [1.807, 2.05) is 0 Å². The van der Waals surface area contributed by atoms with Crippen LogP contribution < -0.4 is 0 Å². The van der Waals surface area contributed by atoms with Gasteiger partial charge in [-0.3, -0.25) is 0 Å². The highest BCUT2D eigenvalue weighted by Crippen LogP contribution is 2.21. The van der Waals surface area contributed by atoms with Crippen LogP contribution in [-0.2, 0) is 0 Å². The van der Waals surface area contributed by atoms with Crippen LogP contribution in [0.15, 0.2) is 21.3 Å². The van der Waals surface area contributed by atoms with Gasteiger partial charge in [0.05, 0.1) is 0 Å². The average molecular weight is 202 g/mol. The maximum absolute atomic E-state index is 4.01. The van der Waals surface area contributed by atoms with Crippen LogP contribution >= 0.6 is 34.8 Å². The zero-order chi connectivity index (χ0) is 7.52. The predicted molar refractivity (Wildman–Crippen MR) is 43.9 cm³/mol. The molecule has 0 amide bonds. The Balaban J connectivity index is 2.14. The Morgan fingerprint density at radius 3 is 1.91 bits per heavy atom. The summed E-state index contributed by atoms with van der Waals surface area (Å²) in [7, 11) is 0. The molecule has 4 nitrogen and oxygen atoms in total. The van der Waals surface area contributed by atoms with Crippen LogP contribution in [-0.4, -0.2) is 18.7 Å². The molecule has 0 aliphatic heterocycles. The molecule has 2 heterocycles. The lowest BCUT2D eigenvalue weighted by Crippen LogP contribution is -1.75. The zero-order valence-electron chi connectivity index (χ0n) is 5.17. The Morgan fingerprint density at radius 2 is 1.55 bits per heavy atom. The predicted octanol–water partition coefficient (Wildman–Crippen LogP) is 1.54. The van der Waals surface area contributed by atoms with Crippen LogP contribution in [0.5, 0.6) is 0 Å². The van der Waals surface area contributed by atoms with E-state index < -0.39 is 0 Å². The van der Waals surface area contributed by atoms with E-state index in [9.17, 15) is 0 Å². The van der Waals surface area contributed by atoms with Crippen molar-refractivity contribution in [1.29, 1.82) is 0 Å². The maximum atomic E-state index is 4.01. The third-order valence-electron chi connectivity index (χ3n) is 0.865. The first-order valence-electron chi connectivity index (χ1n) is 2.66. The van der Waals surface area contributed by atoms with Crippen molar-refractivity contribution in [3.05, 3.63) is 11.0 Å². The lowest BCUT2D eigenvalue weighted by Gasteiger charge is -1.84. The first-order chi connectivity index (χ1) is 5.45. The second-order valence-electron chi connectivity index (χ2n) is 1.53. The summed E-state index contributed by atoms with van der Waals surface area (Å²) in [5.74, 6) is 0. The Hall–Kier alpha value is -0.530. The summed E-state index contributed by atoms with van der Waals surface area (Å²) in [6.45, 7) is 0. The van der Waals surface area contributed by atoms with Crippen molar-refractivity contribution in [2.75, 3.05) is 0 Å². The number of hydrogen-bond acceptors (Lipinski definition) is 7. The van der Waals surface area contributed by atoms with Gasteiger partial charge in [0.2, 0.25) is 10.3 Å². The van der Waals surface area contributed by atoms with Crippen LogP contribution in [0.25, 0.3) is 0 Å². The van der Waals surface area contributed by atoms with Gasteiger partial charge in [0, 0.05) is 0 Å². The van der Waals surface area contributed by atoms with Gasteiger partial charge in [-0.05, 0) is 34.8 Å². The van der Waals surface area contributed by atoms with Gasteiger partial charge < -0.3 is 0 Å². The molecule has 0 atom stereocenters. The lowest BCUT2D eigenvalue weighted by molar-refractivity contribution is 1.03. The highest BCUT2D eigenvalue weighted by atomic mass is 32.2. The molecule has 0 saturated heterocycles. The molecule has 0 saturated carbocycles. The second kappa shape index (κ2) is 3.24. The third kappa shape index (κ3) is 1.73. The molecule has 0 unspecified atom stereocenters. The van der Waals surface area contributed by atoms with Crippen LogP contribution in [0.1, 0.15) is 0 Å². The molecular formula is C4H2N4S3. The molecule has 0 aromatic carbocycles.